The maximum atomic E-state index is 11.9. The molecule has 1 fully saturated rings. The fraction of sp³-hybridized carbons (Fsp3) is 0.727. The number of hydrazine groups is 1. The van der Waals surface area contributed by atoms with Gasteiger partial charge in [0.15, 0.2) is 0 Å². The van der Waals surface area contributed by atoms with Crippen LogP contribution in [0.25, 0.3) is 0 Å². The fourth-order valence-electron chi connectivity index (χ4n) is 1.68. The Morgan fingerprint density at radius 2 is 1.89 bits per heavy atom. The maximum Gasteiger partial charge on any atom is 0.396 e. The lowest BCUT2D eigenvalue weighted by Gasteiger charge is -2.34. The molecule has 102 valence electrons. The molecule has 1 aliphatic rings. The number of carboxylic acids is 1. The molecule has 0 aromatic rings. The lowest BCUT2D eigenvalue weighted by molar-refractivity contribution is -0.179. The summed E-state index contributed by atoms with van der Waals surface area (Å²) in [6, 6.07) is 0. The first-order valence-corrected chi connectivity index (χ1v) is 6.00. The van der Waals surface area contributed by atoms with E-state index >= 15 is 0 Å². The molecule has 0 aromatic carbocycles. The van der Waals surface area contributed by atoms with Gasteiger partial charge in [0, 0.05) is 19.5 Å². The van der Waals surface area contributed by atoms with Crippen LogP contribution in [0.15, 0.2) is 0 Å². The minimum absolute atomic E-state index is 0.173. The van der Waals surface area contributed by atoms with Crippen LogP contribution in [0.2, 0.25) is 0 Å². The Kier molecular flexibility index (Phi) is 5.73. The van der Waals surface area contributed by atoms with E-state index in [1.807, 2.05) is 6.92 Å². The zero-order chi connectivity index (χ0) is 13.5. The predicted octanol–water partition coefficient (Wildman–Crippen LogP) is -0.136. The van der Waals surface area contributed by atoms with E-state index in [1.54, 1.807) is 0 Å². The van der Waals surface area contributed by atoms with Gasteiger partial charge in [-0.25, -0.2) is 9.80 Å². The van der Waals surface area contributed by atoms with Gasteiger partial charge >= 0.3 is 11.9 Å². The van der Waals surface area contributed by atoms with E-state index in [9.17, 15) is 14.4 Å². The Morgan fingerprint density at radius 3 is 2.39 bits per heavy atom. The summed E-state index contributed by atoms with van der Waals surface area (Å²) < 4.78 is 5.11. The fourth-order valence-corrected chi connectivity index (χ4v) is 1.68. The van der Waals surface area contributed by atoms with Crippen LogP contribution in [0.3, 0.4) is 0 Å². The maximum absolute atomic E-state index is 11.9. The van der Waals surface area contributed by atoms with E-state index in [0.717, 1.165) is 11.4 Å². The highest BCUT2D eigenvalue weighted by Gasteiger charge is 2.32. The third-order valence-corrected chi connectivity index (χ3v) is 2.63. The van der Waals surface area contributed by atoms with Crippen LogP contribution < -0.4 is 0 Å². The Bertz CT molecular complexity index is 325. The van der Waals surface area contributed by atoms with Crippen LogP contribution in [-0.4, -0.2) is 59.2 Å². The van der Waals surface area contributed by atoms with Crippen molar-refractivity contribution in [2.75, 3.05) is 26.3 Å². The minimum atomic E-state index is -1.62. The van der Waals surface area contributed by atoms with Crippen molar-refractivity contribution >= 4 is 17.8 Å². The third kappa shape index (κ3) is 3.78. The van der Waals surface area contributed by atoms with Gasteiger partial charge in [-0.05, 0) is 6.42 Å². The molecule has 0 saturated carbocycles. The van der Waals surface area contributed by atoms with Crippen molar-refractivity contribution in [2.45, 2.75) is 26.2 Å². The standard InChI is InChI=1S/C11H18N2O5/c1-2-3-4-9(14)13(10(15)11(16)17)12-5-7-18-8-6-12/h2-8H2,1H3,(H,16,17). The molecule has 18 heavy (non-hydrogen) atoms. The number of carbonyl (C=O) groups excluding carboxylic acids is 2. The minimum Gasteiger partial charge on any atom is -0.474 e. The molecular formula is C11H18N2O5. The first-order chi connectivity index (χ1) is 8.57. The first kappa shape index (κ1) is 14.6. The van der Waals surface area contributed by atoms with Gasteiger partial charge in [0.25, 0.3) is 0 Å². The molecular weight excluding hydrogens is 240 g/mol. The quantitative estimate of drug-likeness (QED) is 0.706. The molecule has 1 N–H and O–H groups in total. The lowest BCUT2D eigenvalue weighted by Crippen LogP contribution is -2.56. The summed E-state index contributed by atoms with van der Waals surface area (Å²) in [4.78, 5) is 34.2. The van der Waals surface area contributed by atoms with Crippen LogP contribution in [0.4, 0.5) is 0 Å². The number of aliphatic carboxylic acids is 1. The van der Waals surface area contributed by atoms with Gasteiger partial charge in [-0.1, -0.05) is 13.3 Å². The van der Waals surface area contributed by atoms with Crippen LogP contribution >= 0.6 is 0 Å². The molecule has 0 aromatic heterocycles. The summed E-state index contributed by atoms with van der Waals surface area (Å²) in [6.07, 6.45) is 1.61. The zero-order valence-corrected chi connectivity index (χ0v) is 10.4. The number of nitrogens with zero attached hydrogens (tertiary/aromatic N) is 2. The Labute approximate surface area is 105 Å². The number of carboxylic acid groups (broad SMARTS) is 1. The predicted molar refractivity (Wildman–Crippen MR) is 61.4 cm³/mol. The van der Waals surface area contributed by atoms with Gasteiger partial charge in [-0.3, -0.25) is 9.59 Å². The van der Waals surface area contributed by atoms with E-state index in [2.05, 4.69) is 0 Å². The van der Waals surface area contributed by atoms with Crippen molar-refractivity contribution in [1.29, 1.82) is 0 Å². The summed E-state index contributed by atoms with van der Waals surface area (Å²) in [5.41, 5.74) is 0. The normalized spacial score (nSPS) is 16.3. The van der Waals surface area contributed by atoms with Gasteiger partial charge in [-0.15, -0.1) is 0 Å². The molecule has 0 spiro atoms. The van der Waals surface area contributed by atoms with Gasteiger partial charge in [0.05, 0.1) is 13.2 Å². The SMILES string of the molecule is CCCCC(=O)N(C(=O)C(=O)O)N1CCOCC1. The molecule has 0 radical (unpaired) electrons. The Hall–Kier alpha value is -1.47. The highest BCUT2D eigenvalue weighted by molar-refractivity contribution is 6.34. The van der Waals surface area contributed by atoms with Gasteiger partial charge < -0.3 is 9.84 Å². The molecule has 7 nitrogen and oxygen atoms in total. The number of amides is 2. The van der Waals surface area contributed by atoms with Crippen molar-refractivity contribution in [3.8, 4) is 0 Å². The third-order valence-electron chi connectivity index (χ3n) is 2.63. The van der Waals surface area contributed by atoms with Crippen LogP contribution in [0.1, 0.15) is 26.2 Å². The van der Waals surface area contributed by atoms with E-state index < -0.39 is 17.8 Å². The molecule has 1 heterocycles. The summed E-state index contributed by atoms with van der Waals surface area (Å²) >= 11 is 0. The molecule has 1 rings (SSSR count). The molecule has 0 aliphatic carbocycles. The molecule has 0 unspecified atom stereocenters. The molecule has 0 bridgehead atoms. The number of carbonyl (C=O) groups is 3. The molecule has 2 amide bonds. The average Bonchev–Trinajstić information content (AvgIpc) is 2.37. The number of unbranched alkanes of at least 4 members (excludes halogenated alkanes) is 1. The molecule has 1 aliphatic heterocycles. The average molecular weight is 258 g/mol. The second kappa shape index (κ2) is 7.07. The number of hydrogen-bond donors (Lipinski definition) is 1. The largest absolute Gasteiger partial charge is 0.474 e. The second-order valence-electron chi connectivity index (χ2n) is 3.99. The number of morpholine rings is 1. The van der Waals surface area contributed by atoms with Crippen LogP contribution in [0.5, 0.6) is 0 Å². The van der Waals surface area contributed by atoms with Crippen molar-refractivity contribution in [2.24, 2.45) is 0 Å². The molecule has 0 atom stereocenters. The Morgan fingerprint density at radius 1 is 1.28 bits per heavy atom. The number of hydrogen-bond acceptors (Lipinski definition) is 5. The highest BCUT2D eigenvalue weighted by Crippen LogP contribution is 2.08. The topological polar surface area (TPSA) is 87.2 Å². The van der Waals surface area contributed by atoms with Crippen LogP contribution in [0, 0.1) is 0 Å². The summed E-state index contributed by atoms with van der Waals surface area (Å²) in [6.45, 7) is 3.37. The highest BCUT2D eigenvalue weighted by atomic mass is 16.5. The van der Waals surface area contributed by atoms with Crippen molar-refractivity contribution in [3.05, 3.63) is 0 Å². The smallest absolute Gasteiger partial charge is 0.396 e. The number of ether oxygens (including phenoxy) is 1. The van der Waals surface area contributed by atoms with Crippen molar-refractivity contribution in [1.82, 2.24) is 10.0 Å². The zero-order valence-electron chi connectivity index (χ0n) is 10.4. The first-order valence-electron chi connectivity index (χ1n) is 6.00. The van der Waals surface area contributed by atoms with E-state index in [1.165, 1.54) is 5.01 Å². The van der Waals surface area contributed by atoms with Gasteiger partial charge in [0.1, 0.15) is 0 Å². The molecule has 1 saturated heterocycles. The summed E-state index contributed by atoms with van der Waals surface area (Å²) in [5, 5.41) is 10.9. The lowest BCUT2D eigenvalue weighted by atomic mass is 10.2. The second-order valence-corrected chi connectivity index (χ2v) is 3.99. The van der Waals surface area contributed by atoms with E-state index in [-0.39, 0.29) is 6.42 Å². The number of imide groups is 1. The van der Waals surface area contributed by atoms with Crippen LogP contribution in [-0.2, 0) is 19.1 Å². The monoisotopic (exact) mass is 258 g/mol. The van der Waals surface area contributed by atoms with E-state index in [0.29, 0.717) is 32.7 Å². The number of rotatable bonds is 4. The van der Waals surface area contributed by atoms with E-state index in [4.69, 9.17) is 9.84 Å². The van der Waals surface area contributed by atoms with Crippen molar-refractivity contribution < 1.29 is 24.2 Å². The van der Waals surface area contributed by atoms with Crippen molar-refractivity contribution in [3.63, 3.8) is 0 Å². The Balaban J connectivity index is 2.76. The van der Waals surface area contributed by atoms with Gasteiger partial charge in [0.2, 0.25) is 5.91 Å². The van der Waals surface area contributed by atoms with Gasteiger partial charge in [-0.2, -0.15) is 5.01 Å². The summed E-state index contributed by atoms with van der Waals surface area (Å²) in [5.74, 6) is -3.28. The summed E-state index contributed by atoms with van der Waals surface area (Å²) in [7, 11) is 0. The molecule has 7 heteroatoms.